The molecule has 0 fully saturated rings. The van der Waals surface area contributed by atoms with Gasteiger partial charge in [0.2, 0.25) is 5.91 Å². The van der Waals surface area contributed by atoms with Crippen LogP contribution in [0.3, 0.4) is 0 Å². The standard InChI is InChI=1S/C18H30N2O/c1-14(2)12-17(16-8-6-5-7-9-16)19-11-10-18(21)20-13-15(3)4/h5-9,14-15,17,19H,10-13H2,1-4H3,(H,20,21). The summed E-state index contributed by atoms with van der Waals surface area (Å²) in [5.74, 6) is 1.25. The van der Waals surface area contributed by atoms with Crippen molar-refractivity contribution < 1.29 is 4.79 Å². The Kier molecular flexibility index (Phi) is 8.06. The van der Waals surface area contributed by atoms with Crippen LogP contribution in [-0.4, -0.2) is 19.0 Å². The fourth-order valence-corrected chi connectivity index (χ4v) is 2.26. The van der Waals surface area contributed by atoms with Crippen molar-refractivity contribution in [3.05, 3.63) is 35.9 Å². The molecule has 0 aliphatic carbocycles. The van der Waals surface area contributed by atoms with E-state index in [0.29, 0.717) is 24.3 Å². The molecule has 0 aliphatic rings. The molecule has 0 saturated carbocycles. The van der Waals surface area contributed by atoms with E-state index >= 15 is 0 Å². The average Bonchev–Trinajstić information content (AvgIpc) is 2.44. The summed E-state index contributed by atoms with van der Waals surface area (Å²) in [6.07, 6.45) is 1.62. The van der Waals surface area contributed by atoms with Gasteiger partial charge in [0.1, 0.15) is 0 Å². The summed E-state index contributed by atoms with van der Waals surface area (Å²) < 4.78 is 0. The van der Waals surface area contributed by atoms with E-state index in [-0.39, 0.29) is 5.91 Å². The van der Waals surface area contributed by atoms with E-state index in [0.717, 1.165) is 19.5 Å². The van der Waals surface area contributed by atoms with E-state index in [9.17, 15) is 4.79 Å². The molecule has 0 radical (unpaired) electrons. The van der Waals surface area contributed by atoms with Crippen LogP contribution >= 0.6 is 0 Å². The van der Waals surface area contributed by atoms with E-state index in [1.54, 1.807) is 0 Å². The van der Waals surface area contributed by atoms with Crippen molar-refractivity contribution in [3.8, 4) is 0 Å². The Bertz CT molecular complexity index is 401. The Morgan fingerprint density at radius 3 is 2.29 bits per heavy atom. The highest BCUT2D eigenvalue weighted by Crippen LogP contribution is 2.20. The predicted molar refractivity (Wildman–Crippen MR) is 89.1 cm³/mol. The number of hydrogen-bond acceptors (Lipinski definition) is 2. The highest BCUT2D eigenvalue weighted by Gasteiger charge is 2.13. The van der Waals surface area contributed by atoms with E-state index in [1.807, 2.05) is 6.07 Å². The zero-order chi connectivity index (χ0) is 15.7. The first kappa shape index (κ1) is 17.7. The Balaban J connectivity index is 2.42. The summed E-state index contributed by atoms with van der Waals surface area (Å²) in [5.41, 5.74) is 1.30. The molecule has 0 saturated heterocycles. The molecule has 21 heavy (non-hydrogen) atoms. The van der Waals surface area contributed by atoms with E-state index < -0.39 is 0 Å². The van der Waals surface area contributed by atoms with Crippen molar-refractivity contribution in [2.75, 3.05) is 13.1 Å². The summed E-state index contributed by atoms with van der Waals surface area (Å²) in [6, 6.07) is 10.8. The lowest BCUT2D eigenvalue weighted by molar-refractivity contribution is -0.121. The van der Waals surface area contributed by atoms with Gasteiger partial charge in [-0.05, 0) is 23.8 Å². The Morgan fingerprint density at radius 2 is 1.71 bits per heavy atom. The summed E-state index contributed by atoms with van der Waals surface area (Å²) >= 11 is 0. The average molecular weight is 290 g/mol. The van der Waals surface area contributed by atoms with Crippen LogP contribution in [0.1, 0.15) is 52.1 Å². The number of carbonyl (C=O) groups excluding carboxylic acids is 1. The van der Waals surface area contributed by atoms with Gasteiger partial charge in [-0.15, -0.1) is 0 Å². The van der Waals surface area contributed by atoms with Gasteiger partial charge in [-0.2, -0.15) is 0 Å². The first-order valence-corrected chi connectivity index (χ1v) is 8.04. The summed E-state index contributed by atoms with van der Waals surface area (Å²) in [6.45, 7) is 10.1. The van der Waals surface area contributed by atoms with Crippen LogP contribution in [0.15, 0.2) is 30.3 Å². The molecule has 2 N–H and O–H groups in total. The Morgan fingerprint density at radius 1 is 1.05 bits per heavy atom. The molecule has 0 aromatic heterocycles. The number of rotatable bonds is 9. The quantitative estimate of drug-likeness (QED) is 0.730. The zero-order valence-corrected chi connectivity index (χ0v) is 13.9. The van der Waals surface area contributed by atoms with E-state index in [1.165, 1.54) is 5.56 Å². The minimum atomic E-state index is 0.132. The van der Waals surface area contributed by atoms with Gasteiger partial charge in [0.15, 0.2) is 0 Å². The molecule has 1 amide bonds. The molecule has 1 rings (SSSR count). The normalized spacial score (nSPS) is 12.7. The molecule has 3 nitrogen and oxygen atoms in total. The predicted octanol–water partition coefficient (Wildman–Crippen LogP) is 3.53. The monoisotopic (exact) mass is 290 g/mol. The topological polar surface area (TPSA) is 41.1 Å². The smallest absolute Gasteiger partial charge is 0.221 e. The van der Waals surface area contributed by atoms with Crippen LogP contribution in [0, 0.1) is 11.8 Å². The van der Waals surface area contributed by atoms with Gasteiger partial charge in [-0.1, -0.05) is 58.0 Å². The van der Waals surface area contributed by atoms with Crippen molar-refractivity contribution in [1.29, 1.82) is 0 Å². The molecular formula is C18H30N2O. The molecule has 0 spiro atoms. The summed E-state index contributed by atoms with van der Waals surface area (Å²) in [7, 11) is 0. The summed E-state index contributed by atoms with van der Waals surface area (Å²) in [4.78, 5) is 11.7. The van der Waals surface area contributed by atoms with E-state index in [4.69, 9.17) is 0 Å². The van der Waals surface area contributed by atoms with Crippen LogP contribution < -0.4 is 10.6 Å². The lowest BCUT2D eigenvalue weighted by Crippen LogP contribution is -2.31. The van der Waals surface area contributed by atoms with Crippen LogP contribution in [0.4, 0.5) is 0 Å². The number of nitrogens with one attached hydrogen (secondary N) is 2. The molecule has 118 valence electrons. The Hall–Kier alpha value is -1.35. The molecule has 1 unspecified atom stereocenters. The number of amides is 1. The maximum absolute atomic E-state index is 11.7. The van der Waals surface area contributed by atoms with Crippen LogP contribution in [0.5, 0.6) is 0 Å². The van der Waals surface area contributed by atoms with Gasteiger partial charge in [0.25, 0.3) is 0 Å². The second-order valence-electron chi connectivity index (χ2n) is 6.49. The fraction of sp³-hybridized carbons (Fsp3) is 0.611. The van der Waals surface area contributed by atoms with Gasteiger partial charge >= 0.3 is 0 Å². The first-order valence-electron chi connectivity index (χ1n) is 8.04. The third kappa shape index (κ3) is 7.86. The first-order chi connectivity index (χ1) is 9.99. The molecular weight excluding hydrogens is 260 g/mol. The highest BCUT2D eigenvalue weighted by molar-refractivity contribution is 5.76. The SMILES string of the molecule is CC(C)CNC(=O)CCNC(CC(C)C)c1ccccc1. The van der Waals surface area contributed by atoms with Crippen molar-refractivity contribution in [1.82, 2.24) is 10.6 Å². The molecule has 1 atom stereocenters. The maximum atomic E-state index is 11.7. The second-order valence-corrected chi connectivity index (χ2v) is 6.49. The van der Waals surface area contributed by atoms with Gasteiger partial charge < -0.3 is 10.6 Å². The second kappa shape index (κ2) is 9.56. The van der Waals surface area contributed by atoms with Crippen molar-refractivity contribution in [3.63, 3.8) is 0 Å². The fourth-order valence-electron chi connectivity index (χ4n) is 2.26. The Labute approximate surface area is 129 Å². The van der Waals surface area contributed by atoms with Crippen molar-refractivity contribution in [2.45, 2.75) is 46.6 Å². The molecule has 0 heterocycles. The summed E-state index contributed by atoms with van der Waals surface area (Å²) in [5, 5.41) is 6.48. The molecule has 3 heteroatoms. The minimum Gasteiger partial charge on any atom is -0.356 e. The number of carbonyl (C=O) groups is 1. The maximum Gasteiger partial charge on any atom is 0.221 e. The van der Waals surface area contributed by atoms with Crippen molar-refractivity contribution >= 4 is 5.91 Å². The highest BCUT2D eigenvalue weighted by atomic mass is 16.1. The number of benzene rings is 1. The molecule has 0 aliphatic heterocycles. The van der Waals surface area contributed by atoms with Gasteiger partial charge in [-0.25, -0.2) is 0 Å². The van der Waals surface area contributed by atoms with Crippen LogP contribution in [-0.2, 0) is 4.79 Å². The lowest BCUT2D eigenvalue weighted by Gasteiger charge is -2.21. The van der Waals surface area contributed by atoms with Crippen LogP contribution in [0.25, 0.3) is 0 Å². The number of hydrogen-bond donors (Lipinski definition) is 2. The van der Waals surface area contributed by atoms with Gasteiger partial charge in [-0.3, -0.25) is 4.79 Å². The van der Waals surface area contributed by atoms with E-state index in [2.05, 4.69) is 62.6 Å². The van der Waals surface area contributed by atoms with Gasteiger partial charge in [0.05, 0.1) is 0 Å². The minimum absolute atomic E-state index is 0.132. The van der Waals surface area contributed by atoms with Gasteiger partial charge in [0, 0.05) is 25.6 Å². The lowest BCUT2D eigenvalue weighted by atomic mass is 9.97. The molecule has 0 bridgehead atoms. The van der Waals surface area contributed by atoms with Crippen molar-refractivity contribution in [2.24, 2.45) is 11.8 Å². The van der Waals surface area contributed by atoms with Crippen LogP contribution in [0.2, 0.25) is 0 Å². The zero-order valence-electron chi connectivity index (χ0n) is 13.9. The largest absolute Gasteiger partial charge is 0.356 e. The molecule has 1 aromatic rings. The third-order valence-corrected chi connectivity index (χ3v) is 3.36. The third-order valence-electron chi connectivity index (χ3n) is 3.36. The molecule has 1 aromatic carbocycles.